The molecule has 0 aromatic carbocycles. The lowest BCUT2D eigenvalue weighted by molar-refractivity contribution is 0.333. The molecular formula is C23H32ClN7. The molecule has 2 aliphatic rings. The van der Waals surface area contributed by atoms with Gasteiger partial charge >= 0.3 is 0 Å². The number of unbranched alkanes of at least 4 members (excludes halogenated alkanes) is 2. The van der Waals surface area contributed by atoms with Crippen molar-refractivity contribution in [2.24, 2.45) is 9.98 Å². The Hall–Kier alpha value is -2.80. The van der Waals surface area contributed by atoms with Gasteiger partial charge in [-0.15, -0.1) is 0 Å². The van der Waals surface area contributed by atoms with Gasteiger partial charge in [-0.1, -0.05) is 38.1 Å². The molecule has 1 unspecified atom stereocenters. The largest absolute Gasteiger partial charge is 0.370 e. The molecule has 0 spiro atoms. The molecule has 0 saturated heterocycles. The van der Waals surface area contributed by atoms with Crippen LogP contribution in [-0.2, 0) is 0 Å². The Kier molecular flexibility index (Phi) is 8.53. The van der Waals surface area contributed by atoms with E-state index in [2.05, 4.69) is 50.9 Å². The van der Waals surface area contributed by atoms with E-state index in [0.717, 1.165) is 79.5 Å². The third-order valence-electron chi connectivity index (χ3n) is 5.24. The smallest absolute Gasteiger partial charge is 0.176 e. The minimum atomic E-state index is -0.366. The molecular weight excluding hydrogens is 410 g/mol. The fraction of sp³-hybridized carbons (Fsp3) is 0.435. The second-order valence-electron chi connectivity index (χ2n) is 7.53. The minimum Gasteiger partial charge on any atom is -0.370 e. The average Bonchev–Trinajstić information content (AvgIpc) is 3.40. The molecule has 31 heavy (non-hydrogen) atoms. The number of alkyl halides is 1. The van der Waals surface area contributed by atoms with Crippen LogP contribution in [0.3, 0.4) is 0 Å². The Bertz CT molecular complexity index is 860. The summed E-state index contributed by atoms with van der Waals surface area (Å²) in [7, 11) is 0. The van der Waals surface area contributed by atoms with Crippen LogP contribution in [0, 0.1) is 0 Å². The zero-order valence-electron chi connectivity index (χ0n) is 18.2. The molecule has 3 N–H and O–H groups in total. The molecule has 1 atom stereocenters. The van der Waals surface area contributed by atoms with Crippen LogP contribution in [0.2, 0.25) is 0 Å². The lowest BCUT2D eigenvalue weighted by Crippen LogP contribution is -2.31. The molecule has 0 amide bonds. The van der Waals surface area contributed by atoms with Gasteiger partial charge in [0.2, 0.25) is 0 Å². The molecule has 0 fully saturated rings. The highest BCUT2D eigenvalue weighted by molar-refractivity contribution is 6.20. The van der Waals surface area contributed by atoms with Crippen molar-refractivity contribution in [3.05, 3.63) is 66.7 Å². The summed E-state index contributed by atoms with van der Waals surface area (Å²) in [4.78, 5) is 15.8. The summed E-state index contributed by atoms with van der Waals surface area (Å²) < 4.78 is 0. The second kappa shape index (κ2) is 11.6. The molecule has 1 aromatic rings. The van der Waals surface area contributed by atoms with Crippen LogP contribution in [0.4, 0.5) is 0 Å². The first-order chi connectivity index (χ1) is 15.1. The zero-order chi connectivity index (χ0) is 22.1. The van der Waals surface area contributed by atoms with Gasteiger partial charge in [0.05, 0.1) is 18.0 Å². The lowest BCUT2D eigenvalue weighted by Gasteiger charge is -2.28. The summed E-state index contributed by atoms with van der Waals surface area (Å²) in [6, 6.07) is 3.96. The molecule has 166 valence electrons. The number of aliphatic imine (C=N–C) groups is 2. The number of rotatable bonds is 13. The number of pyridine rings is 1. The highest BCUT2D eigenvalue weighted by atomic mass is 35.5. The van der Waals surface area contributed by atoms with E-state index >= 15 is 0 Å². The fourth-order valence-electron chi connectivity index (χ4n) is 3.57. The van der Waals surface area contributed by atoms with Crippen LogP contribution in [0.15, 0.2) is 71.1 Å². The van der Waals surface area contributed by atoms with Crippen molar-refractivity contribution in [3.63, 3.8) is 0 Å². The topological polar surface area (TPSA) is 76.9 Å². The van der Waals surface area contributed by atoms with E-state index in [1.54, 1.807) is 12.4 Å². The Morgan fingerprint density at radius 2 is 2.16 bits per heavy atom. The van der Waals surface area contributed by atoms with Crippen LogP contribution in [-0.4, -0.2) is 46.7 Å². The molecule has 8 heteroatoms. The van der Waals surface area contributed by atoms with Gasteiger partial charge in [0.25, 0.3) is 0 Å². The first-order valence-electron chi connectivity index (χ1n) is 10.9. The number of nitrogens with zero attached hydrogens (tertiary/aromatic N) is 4. The van der Waals surface area contributed by atoms with Gasteiger partial charge in [0.15, 0.2) is 5.62 Å². The van der Waals surface area contributed by atoms with Gasteiger partial charge in [0.1, 0.15) is 17.4 Å². The lowest BCUT2D eigenvalue weighted by atomic mass is 10.2. The Morgan fingerprint density at radius 3 is 2.90 bits per heavy atom. The van der Waals surface area contributed by atoms with Crippen LogP contribution >= 0.6 is 11.6 Å². The average molecular weight is 442 g/mol. The summed E-state index contributed by atoms with van der Waals surface area (Å²) in [5.74, 6) is 1.74. The summed E-state index contributed by atoms with van der Waals surface area (Å²) in [6.07, 6.45) is 10.4. The van der Waals surface area contributed by atoms with Gasteiger partial charge < -0.3 is 20.9 Å². The summed E-state index contributed by atoms with van der Waals surface area (Å²) in [5.41, 5.74) is 3.52. The van der Waals surface area contributed by atoms with Crippen LogP contribution in [0.5, 0.6) is 0 Å². The molecule has 0 bridgehead atoms. The number of amidine groups is 1. The van der Waals surface area contributed by atoms with Crippen molar-refractivity contribution in [1.82, 2.24) is 25.8 Å². The monoisotopic (exact) mass is 441 g/mol. The third kappa shape index (κ3) is 6.34. The van der Waals surface area contributed by atoms with Gasteiger partial charge in [-0.3, -0.25) is 9.98 Å². The van der Waals surface area contributed by atoms with Crippen LogP contribution in [0.1, 0.15) is 44.6 Å². The Morgan fingerprint density at radius 1 is 1.32 bits per heavy atom. The molecule has 3 rings (SSSR count). The Balaban J connectivity index is 1.52. The number of halogens is 1. The predicted octanol–water partition coefficient (Wildman–Crippen LogP) is 3.69. The van der Waals surface area contributed by atoms with E-state index in [9.17, 15) is 0 Å². The maximum atomic E-state index is 6.22. The van der Waals surface area contributed by atoms with Crippen LogP contribution in [0.25, 0.3) is 0 Å². The van der Waals surface area contributed by atoms with Gasteiger partial charge in [-0.2, -0.15) is 0 Å². The molecule has 3 heterocycles. The van der Waals surface area contributed by atoms with Crippen molar-refractivity contribution in [2.45, 2.75) is 44.7 Å². The molecule has 2 aliphatic heterocycles. The van der Waals surface area contributed by atoms with Crippen molar-refractivity contribution >= 4 is 23.1 Å². The number of hydrogen-bond donors (Lipinski definition) is 3. The molecule has 1 aromatic heterocycles. The van der Waals surface area contributed by atoms with E-state index in [1.807, 2.05) is 18.3 Å². The molecule has 0 aliphatic carbocycles. The summed E-state index contributed by atoms with van der Waals surface area (Å²) >= 11 is 6.22. The standard InChI is InChI=1S/C23H32ClN7/c1-4-6-13-31(17(3)21-22(26-5-2)30-23(24)29-21)14-8-7-11-20-27-16-19(28-20)18-10-9-12-25-15-18/h5,9-10,12,15,23,26,29-30H,2-4,6-8,11,13-14,16H2,1H3. The molecule has 0 radical (unpaired) electrons. The van der Waals surface area contributed by atoms with Gasteiger partial charge in [-0.05, 0) is 37.6 Å². The van der Waals surface area contributed by atoms with Crippen molar-refractivity contribution < 1.29 is 0 Å². The zero-order valence-corrected chi connectivity index (χ0v) is 19.0. The third-order valence-corrected chi connectivity index (χ3v) is 5.46. The molecule has 0 saturated carbocycles. The van der Waals surface area contributed by atoms with Crippen molar-refractivity contribution in [3.8, 4) is 0 Å². The van der Waals surface area contributed by atoms with Crippen molar-refractivity contribution in [1.29, 1.82) is 0 Å². The van der Waals surface area contributed by atoms with E-state index < -0.39 is 0 Å². The van der Waals surface area contributed by atoms with E-state index in [1.165, 1.54) is 0 Å². The summed E-state index contributed by atoms with van der Waals surface area (Å²) in [5, 5.41) is 9.49. The highest BCUT2D eigenvalue weighted by Crippen LogP contribution is 2.21. The predicted molar refractivity (Wildman–Crippen MR) is 129 cm³/mol. The minimum absolute atomic E-state index is 0.366. The number of aromatic nitrogens is 1. The van der Waals surface area contributed by atoms with Gasteiger partial charge in [-0.25, -0.2) is 4.99 Å². The second-order valence-corrected chi connectivity index (χ2v) is 7.96. The Labute approximate surface area is 190 Å². The van der Waals surface area contributed by atoms with Gasteiger partial charge in [0, 0.05) is 37.5 Å². The fourth-order valence-corrected chi connectivity index (χ4v) is 3.79. The number of nitrogens with one attached hydrogen (secondary N) is 3. The quantitative estimate of drug-likeness (QED) is 0.247. The number of hydrogen-bond acceptors (Lipinski definition) is 7. The van der Waals surface area contributed by atoms with Crippen molar-refractivity contribution in [2.75, 3.05) is 19.6 Å². The van der Waals surface area contributed by atoms with E-state index in [0.29, 0.717) is 6.54 Å². The maximum absolute atomic E-state index is 6.22. The highest BCUT2D eigenvalue weighted by Gasteiger charge is 2.24. The summed E-state index contributed by atoms with van der Waals surface area (Å²) in [6.45, 7) is 12.8. The SMILES string of the molecule is C=CNC1=C(C(=C)N(CCCC)CCCCC2=NCC(c3cccnc3)=N2)NC(Cl)N1. The molecule has 7 nitrogen and oxygen atoms in total. The van der Waals surface area contributed by atoms with E-state index in [4.69, 9.17) is 16.6 Å². The van der Waals surface area contributed by atoms with Crippen LogP contribution < -0.4 is 16.0 Å². The normalized spacial score (nSPS) is 17.5. The first kappa shape index (κ1) is 22.9. The first-order valence-corrected chi connectivity index (χ1v) is 11.3. The maximum Gasteiger partial charge on any atom is 0.176 e. The van der Waals surface area contributed by atoms with E-state index in [-0.39, 0.29) is 5.62 Å².